The zero-order chi connectivity index (χ0) is 15.2. The first kappa shape index (κ1) is 13.8. The molecule has 2 aliphatic rings. The highest BCUT2D eigenvalue weighted by molar-refractivity contribution is 7.91. The van der Waals surface area contributed by atoms with Crippen LogP contribution in [0.5, 0.6) is 0 Å². The van der Waals surface area contributed by atoms with Gasteiger partial charge >= 0.3 is 0 Å². The Bertz CT molecular complexity index is 813. The van der Waals surface area contributed by atoms with Crippen molar-refractivity contribution >= 4 is 15.8 Å². The standard InChI is InChI=1S/C15H18N4O2S/c20-22(21)10-4-3-9-19-15(22)17-14(18-19)16-13-8-7-11-5-1-2-6-12(11)13/h1-2,5-6,13H,3-4,7-10H2,(H,16,18)/t13-/m1/s1. The number of hydrogen-bond donors (Lipinski definition) is 1. The largest absolute Gasteiger partial charge is 0.346 e. The van der Waals surface area contributed by atoms with Crippen LogP contribution < -0.4 is 5.32 Å². The lowest BCUT2D eigenvalue weighted by Crippen LogP contribution is -2.10. The van der Waals surface area contributed by atoms with Crippen LogP contribution >= 0.6 is 0 Å². The molecule has 2 heterocycles. The van der Waals surface area contributed by atoms with Crippen LogP contribution in [0.25, 0.3) is 0 Å². The first-order valence-electron chi connectivity index (χ1n) is 7.65. The summed E-state index contributed by atoms with van der Waals surface area (Å²) in [5.41, 5.74) is 2.60. The highest BCUT2D eigenvalue weighted by atomic mass is 32.2. The fourth-order valence-corrected chi connectivity index (χ4v) is 4.72. The molecule has 1 N–H and O–H groups in total. The summed E-state index contributed by atoms with van der Waals surface area (Å²) >= 11 is 0. The smallest absolute Gasteiger partial charge is 0.247 e. The highest BCUT2D eigenvalue weighted by Gasteiger charge is 2.28. The maximum Gasteiger partial charge on any atom is 0.247 e. The van der Waals surface area contributed by atoms with Crippen LogP contribution in [0, 0.1) is 0 Å². The molecule has 0 radical (unpaired) electrons. The second-order valence-electron chi connectivity index (χ2n) is 5.90. The average molecular weight is 318 g/mol. The van der Waals surface area contributed by atoms with Crippen LogP contribution in [0.2, 0.25) is 0 Å². The van der Waals surface area contributed by atoms with E-state index in [1.807, 2.05) is 12.1 Å². The van der Waals surface area contributed by atoms with Gasteiger partial charge in [-0.15, -0.1) is 5.10 Å². The second-order valence-corrected chi connectivity index (χ2v) is 7.90. The van der Waals surface area contributed by atoms with Crippen molar-refractivity contribution < 1.29 is 8.42 Å². The number of aryl methyl sites for hydroxylation is 2. The average Bonchev–Trinajstić information content (AvgIpc) is 3.06. The van der Waals surface area contributed by atoms with Gasteiger partial charge in [0.05, 0.1) is 11.8 Å². The van der Waals surface area contributed by atoms with E-state index in [0.717, 1.165) is 19.3 Å². The van der Waals surface area contributed by atoms with Crippen molar-refractivity contribution in [3.63, 3.8) is 0 Å². The van der Waals surface area contributed by atoms with Crippen molar-refractivity contribution in [1.29, 1.82) is 0 Å². The molecule has 1 aromatic heterocycles. The number of nitrogens with one attached hydrogen (secondary N) is 1. The fourth-order valence-electron chi connectivity index (χ4n) is 3.27. The van der Waals surface area contributed by atoms with Crippen LogP contribution in [0.15, 0.2) is 29.4 Å². The van der Waals surface area contributed by atoms with Crippen molar-refractivity contribution in [1.82, 2.24) is 14.8 Å². The van der Waals surface area contributed by atoms with Crippen molar-refractivity contribution in [3.8, 4) is 0 Å². The van der Waals surface area contributed by atoms with Crippen LogP contribution in [-0.2, 0) is 22.8 Å². The molecule has 0 bridgehead atoms. The molecule has 1 aromatic carbocycles. The Balaban J connectivity index is 1.63. The highest BCUT2D eigenvalue weighted by Crippen LogP contribution is 2.33. The predicted octanol–water partition coefficient (Wildman–Crippen LogP) is 1.94. The van der Waals surface area contributed by atoms with Crippen molar-refractivity contribution in [3.05, 3.63) is 35.4 Å². The maximum atomic E-state index is 12.2. The van der Waals surface area contributed by atoms with E-state index in [1.54, 1.807) is 0 Å². The van der Waals surface area contributed by atoms with Crippen LogP contribution in [0.4, 0.5) is 5.95 Å². The summed E-state index contributed by atoms with van der Waals surface area (Å²) in [4.78, 5) is 4.25. The molecule has 7 heteroatoms. The molecule has 0 unspecified atom stereocenters. The molecular weight excluding hydrogens is 300 g/mol. The number of nitrogens with zero attached hydrogens (tertiary/aromatic N) is 3. The normalized spacial score (nSPS) is 22.6. The van der Waals surface area contributed by atoms with Crippen molar-refractivity contribution in [2.24, 2.45) is 0 Å². The Labute approximate surface area is 129 Å². The van der Waals surface area contributed by atoms with Gasteiger partial charge in [-0.3, -0.25) is 0 Å². The van der Waals surface area contributed by atoms with Gasteiger partial charge in [0.1, 0.15) is 0 Å². The van der Waals surface area contributed by atoms with Crippen LogP contribution in [-0.4, -0.2) is 28.9 Å². The second kappa shape index (κ2) is 5.08. The Morgan fingerprint density at radius 1 is 1.23 bits per heavy atom. The van der Waals surface area contributed by atoms with Crippen LogP contribution in [0.3, 0.4) is 0 Å². The first-order chi connectivity index (χ1) is 10.6. The zero-order valence-corrected chi connectivity index (χ0v) is 13.0. The summed E-state index contributed by atoms with van der Waals surface area (Å²) in [6.45, 7) is 0.616. The number of rotatable bonds is 2. The quantitative estimate of drug-likeness (QED) is 0.916. The van der Waals surface area contributed by atoms with E-state index in [4.69, 9.17) is 0 Å². The van der Waals surface area contributed by atoms with E-state index < -0.39 is 9.84 Å². The molecular formula is C15H18N4O2S. The topological polar surface area (TPSA) is 76.9 Å². The third kappa shape index (κ3) is 2.29. The lowest BCUT2D eigenvalue weighted by Gasteiger charge is -2.12. The number of sulfone groups is 1. The number of anilines is 1. The minimum Gasteiger partial charge on any atom is -0.346 e. The number of fused-ring (bicyclic) bond motifs is 2. The summed E-state index contributed by atoms with van der Waals surface area (Å²) in [6, 6.07) is 8.48. The molecule has 0 fully saturated rings. The van der Waals surface area contributed by atoms with Crippen molar-refractivity contribution in [2.45, 2.75) is 43.4 Å². The van der Waals surface area contributed by atoms with Gasteiger partial charge in [0.25, 0.3) is 0 Å². The summed E-state index contributed by atoms with van der Waals surface area (Å²) in [6.07, 6.45) is 3.50. The van der Waals surface area contributed by atoms with Gasteiger partial charge in [0.2, 0.25) is 20.9 Å². The minimum absolute atomic E-state index is 0.110. The molecule has 0 saturated heterocycles. The number of benzene rings is 1. The molecule has 1 aliphatic carbocycles. The van der Waals surface area contributed by atoms with Gasteiger partial charge in [-0.1, -0.05) is 24.3 Å². The molecule has 0 amide bonds. The van der Waals surface area contributed by atoms with E-state index in [2.05, 4.69) is 27.5 Å². The Kier molecular flexibility index (Phi) is 3.18. The molecule has 116 valence electrons. The van der Waals surface area contributed by atoms with E-state index in [0.29, 0.717) is 18.9 Å². The fraction of sp³-hybridized carbons (Fsp3) is 0.467. The Morgan fingerprint density at radius 2 is 2.09 bits per heavy atom. The van der Waals surface area contributed by atoms with E-state index in [9.17, 15) is 8.42 Å². The Hall–Kier alpha value is -1.89. The molecule has 6 nitrogen and oxygen atoms in total. The molecule has 22 heavy (non-hydrogen) atoms. The van der Waals surface area contributed by atoms with Gasteiger partial charge in [-0.25, -0.2) is 13.1 Å². The van der Waals surface area contributed by atoms with E-state index in [-0.39, 0.29) is 17.0 Å². The third-order valence-corrected chi connectivity index (χ3v) is 6.07. The molecule has 0 saturated carbocycles. The van der Waals surface area contributed by atoms with E-state index in [1.165, 1.54) is 15.8 Å². The maximum absolute atomic E-state index is 12.2. The molecule has 2 aromatic rings. The lowest BCUT2D eigenvalue weighted by molar-refractivity contribution is 0.528. The molecule has 1 atom stereocenters. The van der Waals surface area contributed by atoms with Gasteiger partial charge in [-0.2, -0.15) is 4.98 Å². The number of hydrogen-bond acceptors (Lipinski definition) is 5. The summed E-state index contributed by atoms with van der Waals surface area (Å²) in [5, 5.41) is 7.77. The molecule has 1 aliphatic heterocycles. The summed E-state index contributed by atoms with van der Waals surface area (Å²) in [5.74, 6) is 0.583. The van der Waals surface area contributed by atoms with Gasteiger partial charge in [0, 0.05) is 6.54 Å². The molecule has 4 rings (SSSR count). The molecule has 0 spiro atoms. The first-order valence-corrected chi connectivity index (χ1v) is 9.31. The Morgan fingerprint density at radius 3 is 3.00 bits per heavy atom. The zero-order valence-electron chi connectivity index (χ0n) is 12.2. The van der Waals surface area contributed by atoms with E-state index >= 15 is 0 Å². The van der Waals surface area contributed by atoms with Crippen LogP contribution in [0.1, 0.15) is 36.4 Å². The summed E-state index contributed by atoms with van der Waals surface area (Å²) in [7, 11) is -3.30. The van der Waals surface area contributed by atoms with Gasteiger partial charge in [0.15, 0.2) is 0 Å². The summed E-state index contributed by atoms with van der Waals surface area (Å²) < 4.78 is 25.9. The monoisotopic (exact) mass is 318 g/mol. The van der Waals surface area contributed by atoms with Gasteiger partial charge < -0.3 is 5.32 Å². The number of aromatic nitrogens is 3. The third-order valence-electron chi connectivity index (χ3n) is 4.39. The van der Waals surface area contributed by atoms with Gasteiger partial charge in [-0.05, 0) is 36.8 Å². The van der Waals surface area contributed by atoms with Crippen molar-refractivity contribution in [2.75, 3.05) is 11.1 Å². The predicted molar refractivity (Wildman–Crippen MR) is 82.4 cm³/mol. The lowest BCUT2D eigenvalue weighted by atomic mass is 10.1. The SMILES string of the molecule is O=S1(=O)CCCCn2nc(N[C@@H]3CCc4ccccc43)nc21. The minimum atomic E-state index is -3.30.